The third-order valence-corrected chi connectivity index (χ3v) is 4.33. The van der Waals surface area contributed by atoms with E-state index in [1.54, 1.807) is 0 Å². The van der Waals surface area contributed by atoms with Gasteiger partial charge in [0.05, 0.1) is 6.10 Å². The molecule has 1 aromatic carbocycles. The van der Waals surface area contributed by atoms with Gasteiger partial charge in [-0.2, -0.15) is 0 Å². The Balaban J connectivity index is 2.07. The summed E-state index contributed by atoms with van der Waals surface area (Å²) in [5.41, 5.74) is 4.11. The van der Waals surface area contributed by atoms with Crippen LogP contribution in [0, 0.1) is 13.8 Å². The van der Waals surface area contributed by atoms with Crippen LogP contribution in [-0.2, 0) is 4.74 Å². The van der Waals surface area contributed by atoms with Crippen LogP contribution in [0.25, 0.3) is 0 Å². The van der Waals surface area contributed by atoms with Crippen LogP contribution in [-0.4, -0.2) is 44.3 Å². The van der Waals surface area contributed by atoms with Crippen LogP contribution >= 0.6 is 0 Å². The number of methoxy groups -OCH3 is 1. The van der Waals surface area contributed by atoms with Crippen LogP contribution in [0.15, 0.2) is 18.2 Å². The number of nitrogens with zero attached hydrogens (tertiary/aromatic N) is 1. The molecule has 0 spiro atoms. The lowest BCUT2D eigenvalue weighted by Crippen LogP contribution is -2.43. The van der Waals surface area contributed by atoms with Gasteiger partial charge < -0.3 is 10.1 Å². The Labute approximate surface area is 129 Å². The summed E-state index contributed by atoms with van der Waals surface area (Å²) in [7, 11) is 1.83. The van der Waals surface area contributed by atoms with E-state index in [0.29, 0.717) is 12.1 Å². The van der Waals surface area contributed by atoms with Crippen LogP contribution in [0.3, 0.4) is 0 Å². The highest BCUT2D eigenvalue weighted by atomic mass is 16.5. The lowest BCUT2D eigenvalue weighted by atomic mass is 9.99. The summed E-state index contributed by atoms with van der Waals surface area (Å²) < 4.78 is 5.54. The number of hydrogen-bond acceptors (Lipinski definition) is 3. The Morgan fingerprint density at radius 2 is 2.00 bits per heavy atom. The molecule has 21 heavy (non-hydrogen) atoms. The molecule has 0 aliphatic carbocycles. The number of likely N-dealkylation sites (tertiary alicyclic amines) is 1. The molecule has 1 N–H and O–H groups in total. The highest BCUT2D eigenvalue weighted by Crippen LogP contribution is 2.21. The van der Waals surface area contributed by atoms with Crippen LogP contribution in [0.5, 0.6) is 0 Å². The van der Waals surface area contributed by atoms with Crippen molar-refractivity contribution in [3.63, 3.8) is 0 Å². The standard InChI is InChI=1S/C18H30N2O/c1-5-19-18(16-10-14(2)9-15(3)11-16)13-20-8-6-7-17(12-20)21-4/h9-11,17-19H,5-8,12-13H2,1-4H3. The molecule has 0 amide bonds. The van der Waals surface area contributed by atoms with E-state index in [2.05, 4.69) is 49.2 Å². The summed E-state index contributed by atoms with van der Waals surface area (Å²) >= 11 is 0. The Kier molecular flexibility index (Phi) is 6.22. The number of benzene rings is 1. The summed E-state index contributed by atoms with van der Waals surface area (Å²) in [6.45, 7) is 10.9. The lowest BCUT2D eigenvalue weighted by molar-refractivity contribution is 0.0281. The first-order valence-electron chi connectivity index (χ1n) is 8.19. The summed E-state index contributed by atoms with van der Waals surface area (Å²) in [5.74, 6) is 0. The number of hydrogen-bond donors (Lipinski definition) is 1. The van der Waals surface area contributed by atoms with Gasteiger partial charge in [0.25, 0.3) is 0 Å². The van der Waals surface area contributed by atoms with E-state index in [-0.39, 0.29) is 0 Å². The predicted octanol–water partition coefficient (Wildman–Crippen LogP) is 3.06. The lowest BCUT2D eigenvalue weighted by Gasteiger charge is -2.34. The van der Waals surface area contributed by atoms with Crippen molar-refractivity contribution in [3.05, 3.63) is 34.9 Å². The number of piperidine rings is 1. The zero-order valence-electron chi connectivity index (χ0n) is 14.0. The van der Waals surface area contributed by atoms with Crippen molar-refractivity contribution in [3.8, 4) is 0 Å². The molecule has 0 bridgehead atoms. The average molecular weight is 290 g/mol. The number of ether oxygens (including phenoxy) is 1. The van der Waals surface area contributed by atoms with Gasteiger partial charge in [0.15, 0.2) is 0 Å². The maximum atomic E-state index is 5.54. The first-order valence-corrected chi connectivity index (χ1v) is 8.19. The number of likely N-dealkylation sites (N-methyl/N-ethyl adjacent to an activating group) is 1. The molecule has 1 aliphatic heterocycles. The molecule has 0 aromatic heterocycles. The van der Waals surface area contributed by atoms with E-state index in [0.717, 1.165) is 19.6 Å². The zero-order chi connectivity index (χ0) is 15.2. The summed E-state index contributed by atoms with van der Waals surface area (Å²) in [5, 5.41) is 3.65. The van der Waals surface area contributed by atoms with Gasteiger partial charge in [0.1, 0.15) is 0 Å². The molecule has 1 heterocycles. The normalized spacial score (nSPS) is 21.4. The SMILES string of the molecule is CCNC(CN1CCCC(OC)C1)c1cc(C)cc(C)c1. The maximum absolute atomic E-state index is 5.54. The quantitative estimate of drug-likeness (QED) is 0.871. The van der Waals surface area contributed by atoms with E-state index in [1.807, 2.05) is 7.11 Å². The van der Waals surface area contributed by atoms with Crippen molar-refractivity contribution in [2.75, 3.05) is 33.3 Å². The number of aryl methyl sites for hydroxylation is 2. The molecule has 0 saturated carbocycles. The van der Waals surface area contributed by atoms with Gasteiger partial charge in [0, 0.05) is 26.2 Å². The molecule has 1 fully saturated rings. The summed E-state index contributed by atoms with van der Waals surface area (Å²) in [6.07, 6.45) is 2.84. The number of rotatable bonds is 6. The highest BCUT2D eigenvalue weighted by molar-refractivity contribution is 5.31. The van der Waals surface area contributed by atoms with Gasteiger partial charge in [-0.3, -0.25) is 4.90 Å². The fraction of sp³-hybridized carbons (Fsp3) is 0.667. The van der Waals surface area contributed by atoms with Gasteiger partial charge in [-0.25, -0.2) is 0 Å². The molecular weight excluding hydrogens is 260 g/mol. The van der Waals surface area contributed by atoms with Crippen molar-refractivity contribution in [1.82, 2.24) is 10.2 Å². The Morgan fingerprint density at radius 1 is 1.29 bits per heavy atom. The average Bonchev–Trinajstić information content (AvgIpc) is 2.46. The molecule has 3 nitrogen and oxygen atoms in total. The second-order valence-corrected chi connectivity index (χ2v) is 6.29. The van der Waals surface area contributed by atoms with E-state index >= 15 is 0 Å². The largest absolute Gasteiger partial charge is 0.380 e. The fourth-order valence-corrected chi connectivity index (χ4v) is 3.37. The van der Waals surface area contributed by atoms with E-state index in [9.17, 15) is 0 Å². The van der Waals surface area contributed by atoms with Crippen molar-refractivity contribution in [2.24, 2.45) is 0 Å². The maximum Gasteiger partial charge on any atom is 0.0698 e. The van der Waals surface area contributed by atoms with Gasteiger partial charge in [-0.05, 0) is 45.3 Å². The molecule has 1 saturated heterocycles. The second kappa shape index (κ2) is 7.92. The van der Waals surface area contributed by atoms with Crippen molar-refractivity contribution in [2.45, 2.75) is 45.8 Å². The Bertz CT molecular complexity index is 427. The zero-order valence-corrected chi connectivity index (χ0v) is 14.0. The van der Waals surface area contributed by atoms with Gasteiger partial charge in [-0.1, -0.05) is 36.2 Å². The van der Waals surface area contributed by atoms with Crippen molar-refractivity contribution in [1.29, 1.82) is 0 Å². The molecule has 1 aliphatic rings. The van der Waals surface area contributed by atoms with E-state index in [1.165, 1.54) is 36.1 Å². The van der Waals surface area contributed by atoms with Crippen LogP contribution in [0.4, 0.5) is 0 Å². The minimum absolute atomic E-state index is 0.403. The van der Waals surface area contributed by atoms with E-state index in [4.69, 9.17) is 4.74 Å². The molecule has 2 rings (SSSR count). The van der Waals surface area contributed by atoms with E-state index < -0.39 is 0 Å². The Morgan fingerprint density at radius 3 is 2.62 bits per heavy atom. The molecule has 2 atom stereocenters. The third kappa shape index (κ3) is 4.80. The topological polar surface area (TPSA) is 24.5 Å². The van der Waals surface area contributed by atoms with Crippen LogP contribution in [0.1, 0.15) is 42.5 Å². The molecule has 0 radical (unpaired) electrons. The highest BCUT2D eigenvalue weighted by Gasteiger charge is 2.22. The molecule has 3 heteroatoms. The third-order valence-electron chi connectivity index (χ3n) is 4.33. The van der Waals surface area contributed by atoms with Gasteiger partial charge in [-0.15, -0.1) is 0 Å². The summed E-state index contributed by atoms with van der Waals surface area (Å²) in [4.78, 5) is 2.54. The smallest absolute Gasteiger partial charge is 0.0698 e. The minimum atomic E-state index is 0.403. The molecule has 1 aromatic rings. The first-order chi connectivity index (χ1) is 10.1. The van der Waals surface area contributed by atoms with Crippen LogP contribution < -0.4 is 5.32 Å². The molecule has 2 unspecified atom stereocenters. The van der Waals surface area contributed by atoms with Crippen molar-refractivity contribution >= 4 is 0 Å². The summed E-state index contributed by atoms with van der Waals surface area (Å²) in [6, 6.07) is 7.29. The molecular formula is C18H30N2O. The van der Waals surface area contributed by atoms with Gasteiger partial charge >= 0.3 is 0 Å². The first kappa shape index (κ1) is 16.5. The van der Waals surface area contributed by atoms with Crippen LogP contribution in [0.2, 0.25) is 0 Å². The predicted molar refractivity (Wildman–Crippen MR) is 88.8 cm³/mol. The minimum Gasteiger partial charge on any atom is -0.380 e. The fourth-order valence-electron chi connectivity index (χ4n) is 3.37. The van der Waals surface area contributed by atoms with Crippen molar-refractivity contribution < 1.29 is 4.74 Å². The monoisotopic (exact) mass is 290 g/mol. The van der Waals surface area contributed by atoms with Gasteiger partial charge in [0.2, 0.25) is 0 Å². The molecule has 118 valence electrons. The number of nitrogens with one attached hydrogen (secondary N) is 1. The second-order valence-electron chi connectivity index (χ2n) is 6.29. The Hall–Kier alpha value is -0.900.